The summed E-state index contributed by atoms with van der Waals surface area (Å²) in [6, 6.07) is 9.66. The van der Waals surface area contributed by atoms with E-state index in [0.717, 1.165) is 19.3 Å². The van der Waals surface area contributed by atoms with Gasteiger partial charge in [-0.2, -0.15) is 5.26 Å². The fourth-order valence-corrected chi connectivity index (χ4v) is 2.97. The number of piperidine rings is 1. The third-order valence-electron chi connectivity index (χ3n) is 4.64. The summed E-state index contributed by atoms with van der Waals surface area (Å²) in [7, 11) is 0. The Balaban J connectivity index is 1.94. The summed E-state index contributed by atoms with van der Waals surface area (Å²) in [6.07, 6.45) is 6.17. The molecule has 1 fully saturated rings. The van der Waals surface area contributed by atoms with E-state index in [1.807, 2.05) is 35.2 Å². The molecular weight excluding hydrogens is 328 g/mol. The van der Waals surface area contributed by atoms with Gasteiger partial charge in [-0.1, -0.05) is 25.5 Å². The average molecular weight is 354 g/mol. The van der Waals surface area contributed by atoms with Crippen molar-refractivity contribution < 1.29 is 9.59 Å². The molecule has 3 N–H and O–H groups in total. The molecule has 0 spiro atoms. The molecule has 1 aromatic carbocycles. The van der Waals surface area contributed by atoms with E-state index in [1.54, 1.807) is 6.20 Å². The zero-order valence-corrected chi connectivity index (χ0v) is 15.2. The van der Waals surface area contributed by atoms with Crippen molar-refractivity contribution in [1.29, 1.82) is 5.26 Å². The van der Waals surface area contributed by atoms with Crippen LogP contribution < -0.4 is 11.1 Å². The highest BCUT2D eigenvalue weighted by Gasteiger charge is 2.22. The van der Waals surface area contributed by atoms with Crippen LogP contribution in [-0.2, 0) is 16.0 Å². The fraction of sp³-hybridized carbons (Fsp3) is 0.450. The second kappa shape index (κ2) is 9.62. The van der Waals surface area contributed by atoms with Crippen LogP contribution in [0.5, 0.6) is 0 Å². The monoisotopic (exact) mass is 354 g/mol. The average Bonchev–Trinajstić information content (AvgIpc) is 2.65. The minimum Gasteiger partial charge on any atom is -0.376 e. The van der Waals surface area contributed by atoms with Crippen molar-refractivity contribution in [3.05, 3.63) is 41.6 Å². The summed E-state index contributed by atoms with van der Waals surface area (Å²) in [5.41, 5.74) is 7.28. The number of hydrogen-bond acceptors (Lipinski definition) is 4. The van der Waals surface area contributed by atoms with Crippen LogP contribution in [0.15, 0.2) is 36.0 Å². The number of nitriles is 1. The van der Waals surface area contributed by atoms with E-state index in [0.29, 0.717) is 31.6 Å². The van der Waals surface area contributed by atoms with E-state index in [9.17, 15) is 14.9 Å². The Hall–Kier alpha value is -2.81. The largest absolute Gasteiger partial charge is 0.376 e. The van der Waals surface area contributed by atoms with Gasteiger partial charge < -0.3 is 16.0 Å². The van der Waals surface area contributed by atoms with Crippen LogP contribution in [0.4, 0.5) is 5.69 Å². The van der Waals surface area contributed by atoms with E-state index in [1.165, 1.54) is 5.56 Å². The third kappa shape index (κ3) is 5.62. The number of hydrogen-bond donors (Lipinski definition) is 2. The first kappa shape index (κ1) is 19.5. The Kier molecular flexibility index (Phi) is 7.22. The lowest BCUT2D eigenvalue weighted by Gasteiger charge is -2.29. The van der Waals surface area contributed by atoms with Crippen LogP contribution in [-0.4, -0.2) is 29.8 Å². The number of likely N-dealkylation sites (tertiary alicyclic amines) is 1. The highest BCUT2D eigenvalue weighted by atomic mass is 16.2. The van der Waals surface area contributed by atoms with Gasteiger partial charge in [-0.25, -0.2) is 0 Å². The Morgan fingerprint density at radius 2 is 1.96 bits per heavy atom. The standard InChI is InChI=1S/C20H26N4O2/c1-2-3-4-15-5-7-18(8-6-15)23-20(26)17(13-21)14-24-11-9-16(10-12-24)19(22)25/h5-8,14,16H,2-4,9-12H2,1H3,(H2,22,25)(H,23,26)/b17-14-. The van der Waals surface area contributed by atoms with Crippen LogP contribution in [0.1, 0.15) is 38.2 Å². The molecule has 1 heterocycles. The Morgan fingerprint density at radius 1 is 1.31 bits per heavy atom. The molecule has 0 aromatic heterocycles. The number of primary amides is 1. The van der Waals surface area contributed by atoms with Gasteiger partial charge in [-0.3, -0.25) is 9.59 Å². The number of carbonyl (C=O) groups is 2. The van der Waals surface area contributed by atoms with Crippen LogP contribution in [0, 0.1) is 17.2 Å². The van der Waals surface area contributed by atoms with Crippen molar-refractivity contribution in [2.75, 3.05) is 18.4 Å². The van der Waals surface area contributed by atoms with Crippen molar-refractivity contribution in [3.8, 4) is 6.07 Å². The number of benzene rings is 1. The molecule has 2 amide bonds. The number of anilines is 1. The molecule has 6 heteroatoms. The van der Waals surface area contributed by atoms with Crippen molar-refractivity contribution >= 4 is 17.5 Å². The Morgan fingerprint density at radius 3 is 2.50 bits per heavy atom. The summed E-state index contributed by atoms with van der Waals surface area (Å²) in [5.74, 6) is -0.828. The molecule has 1 aliphatic heterocycles. The van der Waals surface area contributed by atoms with Crippen LogP contribution in [0.3, 0.4) is 0 Å². The molecule has 1 saturated heterocycles. The van der Waals surface area contributed by atoms with Crippen molar-refractivity contribution in [2.24, 2.45) is 11.7 Å². The number of nitrogens with zero attached hydrogens (tertiary/aromatic N) is 2. The molecule has 6 nitrogen and oxygen atoms in total. The first-order chi connectivity index (χ1) is 12.5. The van der Waals surface area contributed by atoms with Gasteiger partial charge in [0.2, 0.25) is 5.91 Å². The molecule has 0 atom stereocenters. The van der Waals surface area contributed by atoms with Crippen LogP contribution >= 0.6 is 0 Å². The number of amides is 2. The SMILES string of the molecule is CCCCc1ccc(NC(=O)/C(C#N)=C\N2CCC(C(N)=O)CC2)cc1. The third-order valence-corrected chi connectivity index (χ3v) is 4.64. The smallest absolute Gasteiger partial charge is 0.267 e. The molecule has 0 bridgehead atoms. The first-order valence-electron chi connectivity index (χ1n) is 9.09. The quantitative estimate of drug-likeness (QED) is 0.580. The molecule has 26 heavy (non-hydrogen) atoms. The van der Waals surface area contributed by atoms with Gasteiger partial charge in [0.05, 0.1) is 0 Å². The van der Waals surface area contributed by atoms with Crippen molar-refractivity contribution in [3.63, 3.8) is 0 Å². The fourth-order valence-electron chi connectivity index (χ4n) is 2.97. The highest BCUT2D eigenvalue weighted by Crippen LogP contribution is 2.18. The number of aryl methyl sites for hydroxylation is 1. The van der Waals surface area contributed by atoms with E-state index < -0.39 is 5.91 Å². The van der Waals surface area contributed by atoms with Gasteiger partial charge in [-0.05, 0) is 43.4 Å². The minimum atomic E-state index is -0.425. The molecule has 0 unspecified atom stereocenters. The molecule has 0 saturated carbocycles. The Labute approximate surface area is 154 Å². The van der Waals surface area contributed by atoms with Gasteiger partial charge in [-0.15, -0.1) is 0 Å². The van der Waals surface area contributed by atoms with E-state index in [4.69, 9.17) is 5.73 Å². The van der Waals surface area contributed by atoms with E-state index in [-0.39, 0.29) is 17.4 Å². The zero-order valence-electron chi connectivity index (χ0n) is 15.2. The van der Waals surface area contributed by atoms with Gasteiger partial charge in [0.15, 0.2) is 0 Å². The lowest BCUT2D eigenvalue weighted by atomic mass is 9.96. The summed E-state index contributed by atoms with van der Waals surface area (Å²) in [6.45, 7) is 3.37. The summed E-state index contributed by atoms with van der Waals surface area (Å²) < 4.78 is 0. The van der Waals surface area contributed by atoms with Crippen molar-refractivity contribution in [1.82, 2.24) is 4.90 Å². The number of nitrogens with two attached hydrogens (primary N) is 1. The minimum absolute atomic E-state index is 0.0533. The summed E-state index contributed by atoms with van der Waals surface area (Å²) in [4.78, 5) is 25.4. The second-order valence-electron chi connectivity index (χ2n) is 6.62. The predicted octanol–water partition coefficient (Wildman–Crippen LogP) is 2.57. The molecule has 0 radical (unpaired) electrons. The zero-order chi connectivity index (χ0) is 18.9. The lowest BCUT2D eigenvalue weighted by molar-refractivity contribution is -0.123. The maximum absolute atomic E-state index is 12.3. The topological polar surface area (TPSA) is 99.2 Å². The summed E-state index contributed by atoms with van der Waals surface area (Å²) >= 11 is 0. The highest BCUT2D eigenvalue weighted by molar-refractivity contribution is 6.06. The van der Waals surface area contributed by atoms with Crippen molar-refractivity contribution in [2.45, 2.75) is 39.0 Å². The number of unbranched alkanes of at least 4 members (excludes halogenated alkanes) is 1. The summed E-state index contributed by atoms with van der Waals surface area (Å²) in [5, 5.41) is 12.1. The number of nitrogens with one attached hydrogen (secondary N) is 1. The van der Waals surface area contributed by atoms with Gasteiger partial charge in [0.1, 0.15) is 11.6 Å². The molecular formula is C20H26N4O2. The van der Waals surface area contributed by atoms with Crippen LogP contribution in [0.2, 0.25) is 0 Å². The van der Waals surface area contributed by atoms with E-state index in [2.05, 4.69) is 12.2 Å². The maximum atomic E-state index is 12.3. The predicted molar refractivity (Wildman–Crippen MR) is 101 cm³/mol. The van der Waals surface area contributed by atoms with Gasteiger partial charge in [0.25, 0.3) is 5.91 Å². The maximum Gasteiger partial charge on any atom is 0.267 e. The molecule has 138 valence electrons. The Bertz CT molecular complexity index is 696. The second-order valence-corrected chi connectivity index (χ2v) is 6.62. The lowest BCUT2D eigenvalue weighted by Crippen LogP contribution is -2.36. The molecule has 2 rings (SSSR count). The van der Waals surface area contributed by atoms with Gasteiger partial charge >= 0.3 is 0 Å². The molecule has 1 aliphatic rings. The van der Waals surface area contributed by atoms with Gasteiger partial charge in [0, 0.05) is 30.9 Å². The first-order valence-corrected chi connectivity index (χ1v) is 9.09. The van der Waals surface area contributed by atoms with Crippen LogP contribution in [0.25, 0.3) is 0 Å². The molecule has 0 aliphatic carbocycles. The normalized spacial score (nSPS) is 15.4. The van der Waals surface area contributed by atoms with E-state index >= 15 is 0 Å². The number of rotatable bonds is 7. The number of carbonyl (C=O) groups excluding carboxylic acids is 2. The molecule has 1 aromatic rings.